The van der Waals surface area contributed by atoms with E-state index in [0.717, 1.165) is 5.56 Å². The van der Waals surface area contributed by atoms with Gasteiger partial charge in [-0.1, -0.05) is 41.4 Å². The fraction of sp³-hybridized carbons (Fsp3) is 0.154. The van der Waals surface area contributed by atoms with E-state index in [1.807, 2.05) is 6.92 Å². The number of rotatable bonds is 5. The van der Waals surface area contributed by atoms with Crippen LogP contribution in [0, 0.1) is 6.92 Å². The van der Waals surface area contributed by atoms with Gasteiger partial charge in [0.2, 0.25) is 0 Å². The number of carbonyl (C=O) groups is 2. The molecule has 3 aromatic rings. The summed E-state index contributed by atoms with van der Waals surface area (Å²) in [6.07, 6.45) is 0. The molecule has 1 fully saturated rings. The summed E-state index contributed by atoms with van der Waals surface area (Å²) in [7, 11) is 2.96. The molecule has 0 aromatic heterocycles. The monoisotopic (exact) mass is 497 g/mol. The average Bonchev–Trinajstić information content (AvgIpc) is 3.10. The van der Waals surface area contributed by atoms with Crippen LogP contribution in [0.25, 0.3) is 5.76 Å². The van der Waals surface area contributed by atoms with Crippen molar-refractivity contribution >= 4 is 46.3 Å². The number of benzene rings is 3. The molecule has 6 nitrogen and oxygen atoms in total. The maximum atomic E-state index is 13.3. The van der Waals surface area contributed by atoms with E-state index >= 15 is 0 Å². The van der Waals surface area contributed by atoms with E-state index in [1.54, 1.807) is 60.7 Å². The molecule has 1 N–H and O–H groups in total. The Morgan fingerprint density at radius 1 is 0.912 bits per heavy atom. The Morgan fingerprint density at radius 2 is 1.59 bits per heavy atom. The molecule has 1 heterocycles. The van der Waals surface area contributed by atoms with Gasteiger partial charge in [0.1, 0.15) is 5.76 Å². The van der Waals surface area contributed by atoms with Crippen LogP contribution in [0.15, 0.2) is 66.2 Å². The number of hydrogen-bond acceptors (Lipinski definition) is 5. The number of anilines is 1. The fourth-order valence-corrected chi connectivity index (χ4v) is 4.23. The number of aliphatic hydroxyl groups excluding tert-OH is 1. The number of nitrogens with zero attached hydrogens (tertiary/aromatic N) is 1. The molecule has 1 atom stereocenters. The lowest BCUT2D eigenvalue weighted by Crippen LogP contribution is -2.29. The normalized spacial score (nSPS) is 17.2. The molecule has 0 aliphatic carbocycles. The third kappa shape index (κ3) is 4.11. The van der Waals surface area contributed by atoms with E-state index in [9.17, 15) is 14.7 Å². The van der Waals surface area contributed by atoms with E-state index in [-0.39, 0.29) is 11.3 Å². The zero-order valence-corrected chi connectivity index (χ0v) is 20.1. The molecule has 1 aliphatic rings. The minimum Gasteiger partial charge on any atom is -0.507 e. The highest BCUT2D eigenvalue weighted by molar-refractivity contribution is 6.51. The van der Waals surface area contributed by atoms with Crippen molar-refractivity contribution in [3.63, 3.8) is 0 Å². The average molecular weight is 498 g/mol. The second kappa shape index (κ2) is 9.41. The van der Waals surface area contributed by atoms with Crippen LogP contribution in [0.1, 0.15) is 22.7 Å². The van der Waals surface area contributed by atoms with Crippen LogP contribution in [0.5, 0.6) is 11.5 Å². The van der Waals surface area contributed by atoms with Crippen molar-refractivity contribution in [3.05, 3.63) is 93.0 Å². The first kappa shape index (κ1) is 23.7. The molecule has 174 valence electrons. The van der Waals surface area contributed by atoms with Crippen LogP contribution >= 0.6 is 23.2 Å². The Bertz CT molecular complexity index is 1320. The van der Waals surface area contributed by atoms with Gasteiger partial charge in [-0.25, -0.2) is 0 Å². The van der Waals surface area contributed by atoms with E-state index in [2.05, 4.69) is 0 Å². The molecule has 8 heteroatoms. The highest BCUT2D eigenvalue weighted by Gasteiger charge is 2.47. The Labute approximate surface area is 206 Å². The number of aliphatic hydroxyl groups is 1. The van der Waals surface area contributed by atoms with Gasteiger partial charge < -0.3 is 14.6 Å². The van der Waals surface area contributed by atoms with Crippen LogP contribution in [0.3, 0.4) is 0 Å². The van der Waals surface area contributed by atoms with Crippen molar-refractivity contribution in [2.45, 2.75) is 13.0 Å². The standard InChI is InChI=1S/C26H21Cl2NO5/c1-14-4-10-18(13-19(14)28)29-23(15-5-8-17(27)9-6-15)22(25(31)26(29)32)24(30)16-7-11-20(33-2)21(12-16)34-3/h4-13,23,30H,1-3H3/b24-22+. The van der Waals surface area contributed by atoms with Crippen molar-refractivity contribution in [2.75, 3.05) is 19.1 Å². The molecule has 0 bridgehead atoms. The third-order valence-electron chi connectivity index (χ3n) is 5.72. The third-order valence-corrected chi connectivity index (χ3v) is 6.38. The topological polar surface area (TPSA) is 76.1 Å². The molecule has 4 rings (SSSR count). The minimum absolute atomic E-state index is 0.0590. The number of Topliss-reactive ketones (excluding diaryl/α,β-unsaturated/α-hetero) is 1. The quantitative estimate of drug-likeness (QED) is 0.268. The summed E-state index contributed by atoms with van der Waals surface area (Å²) in [5.74, 6) is -1.09. The Hall–Kier alpha value is -3.48. The number of ketones is 1. The second-order valence-corrected chi connectivity index (χ2v) is 8.57. The number of amides is 1. The van der Waals surface area contributed by atoms with Gasteiger partial charge in [-0.05, 0) is 60.5 Å². The van der Waals surface area contributed by atoms with Gasteiger partial charge in [-0.3, -0.25) is 14.5 Å². The van der Waals surface area contributed by atoms with Crippen molar-refractivity contribution in [1.82, 2.24) is 0 Å². The number of aryl methyl sites for hydroxylation is 1. The molecule has 3 aromatic carbocycles. The number of carbonyl (C=O) groups excluding carboxylic acids is 2. The summed E-state index contributed by atoms with van der Waals surface area (Å²) in [6.45, 7) is 1.84. The SMILES string of the molecule is COc1ccc(/C(O)=C2\C(=O)C(=O)N(c3ccc(C)c(Cl)c3)C2c2ccc(Cl)cc2)cc1OC. The summed E-state index contributed by atoms with van der Waals surface area (Å²) < 4.78 is 10.6. The molecule has 0 radical (unpaired) electrons. The summed E-state index contributed by atoms with van der Waals surface area (Å²) >= 11 is 12.4. The van der Waals surface area contributed by atoms with Crippen LogP contribution in [-0.2, 0) is 9.59 Å². The minimum atomic E-state index is -0.899. The molecule has 0 spiro atoms. The lowest BCUT2D eigenvalue weighted by Gasteiger charge is -2.26. The first-order valence-electron chi connectivity index (χ1n) is 10.3. The fourth-order valence-electron chi connectivity index (χ4n) is 3.93. The molecular weight excluding hydrogens is 477 g/mol. The van der Waals surface area contributed by atoms with Crippen molar-refractivity contribution < 1.29 is 24.2 Å². The summed E-state index contributed by atoms with van der Waals surface area (Å²) in [6, 6.07) is 15.7. The highest BCUT2D eigenvalue weighted by atomic mass is 35.5. The van der Waals surface area contributed by atoms with Crippen LogP contribution < -0.4 is 14.4 Å². The van der Waals surface area contributed by atoms with E-state index in [1.165, 1.54) is 19.1 Å². The number of ether oxygens (including phenoxy) is 2. The Balaban J connectivity index is 1.94. The maximum Gasteiger partial charge on any atom is 0.300 e. The number of methoxy groups -OCH3 is 2. The van der Waals surface area contributed by atoms with Gasteiger partial charge in [-0.15, -0.1) is 0 Å². The first-order valence-corrected chi connectivity index (χ1v) is 11.1. The van der Waals surface area contributed by atoms with Crippen LogP contribution in [0.4, 0.5) is 5.69 Å². The summed E-state index contributed by atoms with van der Waals surface area (Å²) in [5.41, 5.74) is 2.11. The summed E-state index contributed by atoms with van der Waals surface area (Å²) in [4.78, 5) is 27.8. The van der Waals surface area contributed by atoms with Gasteiger partial charge in [0, 0.05) is 21.3 Å². The smallest absolute Gasteiger partial charge is 0.300 e. The molecule has 1 amide bonds. The van der Waals surface area contributed by atoms with Gasteiger partial charge >= 0.3 is 0 Å². The zero-order valence-electron chi connectivity index (χ0n) is 18.6. The predicted molar refractivity (Wildman–Crippen MR) is 132 cm³/mol. The van der Waals surface area contributed by atoms with Crippen LogP contribution in [-0.4, -0.2) is 31.0 Å². The molecule has 1 aliphatic heterocycles. The largest absolute Gasteiger partial charge is 0.507 e. The maximum absolute atomic E-state index is 13.3. The zero-order chi connectivity index (χ0) is 24.6. The van der Waals surface area contributed by atoms with Gasteiger partial charge in [0.25, 0.3) is 11.7 Å². The number of hydrogen-bond donors (Lipinski definition) is 1. The van der Waals surface area contributed by atoms with Crippen molar-refractivity contribution in [2.24, 2.45) is 0 Å². The number of halogens is 2. The highest BCUT2D eigenvalue weighted by Crippen LogP contribution is 2.43. The lowest BCUT2D eigenvalue weighted by molar-refractivity contribution is -0.132. The van der Waals surface area contributed by atoms with E-state index in [4.69, 9.17) is 32.7 Å². The first-order chi connectivity index (χ1) is 16.3. The molecule has 1 saturated heterocycles. The van der Waals surface area contributed by atoms with Gasteiger partial charge in [0.05, 0.1) is 25.8 Å². The van der Waals surface area contributed by atoms with Crippen molar-refractivity contribution in [3.8, 4) is 11.5 Å². The second-order valence-electron chi connectivity index (χ2n) is 7.72. The molecular formula is C26H21Cl2NO5. The molecule has 34 heavy (non-hydrogen) atoms. The Kier molecular flexibility index (Phi) is 6.55. The van der Waals surface area contributed by atoms with Gasteiger partial charge in [-0.2, -0.15) is 0 Å². The lowest BCUT2D eigenvalue weighted by atomic mass is 9.95. The molecule has 0 saturated carbocycles. The summed E-state index contributed by atoms with van der Waals surface area (Å²) in [5, 5.41) is 12.2. The predicted octanol–water partition coefficient (Wildman–Crippen LogP) is 5.95. The van der Waals surface area contributed by atoms with E-state index < -0.39 is 17.7 Å². The van der Waals surface area contributed by atoms with Crippen LogP contribution in [0.2, 0.25) is 10.0 Å². The van der Waals surface area contributed by atoms with E-state index in [0.29, 0.717) is 38.4 Å². The van der Waals surface area contributed by atoms with Crippen molar-refractivity contribution in [1.29, 1.82) is 0 Å². The Morgan fingerprint density at radius 3 is 2.21 bits per heavy atom. The van der Waals surface area contributed by atoms with Gasteiger partial charge in [0.15, 0.2) is 11.5 Å². The molecule has 1 unspecified atom stereocenters.